The number of carbonyl (C=O) groups excluding carboxylic acids is 3. The van der Waals surface area contributed by atoms with Crippen molar-refractivity contribution in [1.82, 2.24) is 44.9 Å². The zero-order valence-corrected chi connectivity index (χ0v) is 58.3. The minimum atomic E-state index is -1.26. The fourth-order valence-corrected chi connectivity index (χ4v) is 8.74. The van der Waals surface area contributed by atoms with Crippen molar-refractivity contribution in [2.75, 3.05) is 72.7 Å². The quantitative estimate of drug-likeness (QED) is 0.0238. The maximum Gasteiger partial charge on any atom is 1.00 e. The first kappa shape index (κ1) is 77.2. The van der Waals surface area contributed by atoms with Crippen LogP contribution in [0.5, 0.6) is 0 Å². The minimum absolute atomic E-state index is 0. The number of anilines is 12. The number of carboxylic acid groups (broad SMARTS) is 6. The molecule has 0 fully saturated rings. The Kier molecular flexibility index (Phi) is 27.4. The molecule has 11 N–H and O–H groups in total. The van der Waals surface area contributed by atoms with E-state index in [4.69, 9.17) is 15.3 Å². The fourth-order valence-electron chi connectivity index (χ4n) is 8.74. The van der Waals surface area contributed by atoms with E-state index in [1.165, 1.54) is 72.8 Å². The number of aromatic carboxylic acids is 6. The number of nitrogens with one attached hydrogen (secondary N) is 6. The minimum Gasteiger partial charge on any atom is -1.00 e. The molecule has 100 heavy (non-hydrogen) atoms. The molecular formula is C63H56ClN21Na2O13+4. The van der Waals surface area contributed by atoms with Crippen molar-refractivity contribution in [1.29, 1.82) is 0 Å². The third-order valence-corrected chi connectivity index (χ3v) is 13.6. The molecule has 6 heterocycles. The van der Waals surface area contributed by atoms with Crippen molar-refractivity contribution < 1.29 is 164 Å². The normalized spacial score (nSPS) is 12.2. The Hall–Kier alpha value is -11.8. The van der Waals surface area contributed by atoms with Crippen LogP contribution in [0, 0.1) is 0 Å². The van der Waals surface area contributed by atoms with E-state index in [-0.39, 0.29) is 146 Å². The van der Waals surface area contributed by atoms with E-state index in [1.54, 1.807) is 72.8 Å². The number of carboxylic acids is 6. The molecule has 3 aliphatic rings. The van der Waals surface area contributed by atoms with E-state index in [0.29, 0.717) is 71.6 Å². The summed E-state index contributed by atoms with van der Waals surface area (Å²) in [5.41, 5.74) is 4.23. The smallest absolute Gasteiger partial charge is 1.00 e. The summed E-state index contributed by atoms with van der Waals surface area (Å²) in [7, 11) is 5.67. The Morgan fingerprint density at radius 1 is 0.320 bits per heavy atom. The topological polar surface area (TPSA) is 470 Å². The predicted octanol–water partition coefficient (Wildman–Crippen LogP) is -7.35. The molecule has 0 amide bonds. The molecule has 6 aromatic carbocycles. The van der Waals surface area contributed by atoms with E-state index >= 15 is 0 Å². The number of rotatable bonds is 21. The summed E-state index contributed by atoms with van der Waals surface area (Å²) in [6.45, 7) is 1.73. The van der Waals surface area contributed by atoms with Gasteiger partial charge in [0.05, 0.1) is 34.6 Å². The Bertz CT molecular complexity index is 4020. The van der Waals surface area contributed by atoms with Gasteiger partial charge in [0.25, 0.3) is 0 Å². The van der Waals surface area contributed by atoms with E-state index in [0.717, 1.165) is 0 Å². The number of benzene rings is 6. The van der Waals surface area contributed by atoms with Gasteiger partial charge >= 0.3 is 114 Å². The Morgan fingerprint density at radius 2 is 0.490 bits per heavy atom. The zero-order chi connectivity index (χ0) is 68.0. The van der Waals surface area contributed by atoms with Gasteiger partial charge in [0.2, 0.25) is 74.0 Å². The van der Waals surface area contributed by atoms with Crippen molar-refractivity contribution in [2.24, 2.45) is 0 Å². The van der Waals surface area contributed by atoms with Crippen molar-refractivity contribution in [3.05, 3.63) is 179 Å². The molecule has 3 aromatic heterocycles. The largest absolute Gasteiger partial charge is 1.00 e. The fraction of sp³-hybridized carbons (Fsp3) is 0.0952. The molecule has 0 spiro atoms. The van der Waals surface area contributed by atoms with E-state index in [2.05, 4.69) is 76.8 Å². The molecule has 9 aromatic rings. The summed E-state index contributed by atoms with van der Waals surface area (Å²) in [5, 5.41) is 78.3. The SMILES string of the molecule is C[N+]1=CC[N+](c2nc(Nc3ccc(C(=O)O)cc3)nc(Nc3ccc(C(=O)O)cc3)n2)=C1.C[N+]1=CC[N+](c2nc(Nc3ccc(C(=O)[O-])cc3)nc(Nc3ccc(C(=O)O)cc3)n2)=C1.C[N+]1=CC[N+](c2nc(Nc3ccc(C(=O)[O-])cc3)nc(Nc3ccc(C(=O)[O-])cc3)n2)=C1.O.[Cl-].[Na+].[Na+]. The molecule has 0 saturated carbocycles. The van der Waals surface area contributed by atoms with Gasteiger partial charge < -0.3 is 94.8 Å². The summed E-state index contributed by atoms with van der Waals surface area (Å²) >= 11 is 0. The predicted molar refractivity (Wildman–Crippen MR) is 345 cm³/mol. The van der Waals surface area contributed by atoms with Crippen LogP contribution in [0.15, 0.2) is 146 Å². The van der Waals surface area contributed by atoms with Crippen LogP contribution >= 0.6 is 0 Å². The van der Waals surface area contributed by atoms with Gasteiger partial charge in [0, 0.05) is 34.1 Å². The van der Waals surface area contributed by atoms with Crippen LogP contribution in [0.2, 0.25) is 0 Å². The molecule has 0 aliphatic carbocycles. The van der Waals surface area contributed by atoms with Crippen molar-refractivity contribution in [3.63, 3.8) is 0 Å². The third-order valence-electron chi connectivity index (χ3n) is 13.6. The number of hydrogen-bond donors (Lipinski definition) is 9. The number of aromatic nitrogens is 9. The van der Waals surface area contributed by atoms with Crippen LogP contribution in [0.25, 0.3) is 0 Å². The van der Waals surface area contributed by atoms with Crippen LogP contribution in [-0.2, 0) is 0 Å². The summed E-state index contributed by atoms with van der Waals surface area (Å²) < 4.78 is 11.1. The number of halogens is 1. The number of carbonyl (C=O) groups is 6. The Morgan fingerprint density at radius 3 is 0.630 bits per heavy atom. The second kappa shape index (κ2) is 35.5. The van der Waals surface area contributed by atoms with E-state index in [1.807, 2.05) is 86.3 Å². The van der Waals surface area contributed by atoms with E-state index in [9.17, 15) is 44.1 Å². The monoisotopic (exact) mass is 1400 g/mol. The van der Waals surface area contributed by atoms with Crippen molar-refractivity contribution in [3.8, 4) is 0 Å². The summed E-state index contributed by atoms with van der Waals surface area (Å²) in [6, 6.07) is 36.5. The first-order chi connectivity index (χ1) is 46.1. The maximum atomic E-state index is 11.1. The summed E-state index contributed by atoms with van der Waals surface area (Å²) in [6.07, 6.45) is 11.4. The second-order valence-corrected chi connectivity index (χ2v) is 20.7. The average Bonchev–Trinajstić information content (AvgIpc) is 1.47. The van der Waals surface area contributed by atoms with Gasteiger partial charge in [-0.3, -0.25) is 0 Å². The molecule has 496 valence electrons. The van der Waals surface area contributed by atoms with Crippen LogP contribution in [0.3, 0.4) is 0 Å². The van der Waals surface area contributed by atoms with Gasteiger partial charge in [-0.1, -0.05) is 50.1 Å². The molecule has 0 unspecified atom stereocenters. The molecule has 34 nitrogen and oxygen atoms in total. The van der Waals surface area contributed by atoms with Crippen LogP contribution in [0.1, 0.15) is 62.1 Å². The van der Waals surface area contributed by atoms with Gasteiger partial charge in [0.15, 0.2) is 0 Å². The number of nitrogens with zero attached hydrogens (tertiary/aromatic N) is 15. The molecule has 0 radical (unpaired) electrons. The Balaban J connectivity index is 0.000000232. The van der Waals surface area contributed by atoms with Crippen LogP contribution < -0.4 is 119 Å². The van der Waals surface area contributed by atoms with Gasteiger partial charge in [-0.15, -0.1) is 43.6 Å². The molecule has 0 saturated heterocycles. The maximum absolute atomic E-state index is 11.1. The van der Waals surface area contributed by atoms with Gasteiger partial charge in [-0.2, -0.15) is 15.0 Å². The first-order valence-corrected chi connectivity index (χ1v) is 28.5. The average molecular weight is 1400 g/mol. The van der Waals surface area contributed by atoms with Gasteiger partial charge in [0.1, 0.15) is 21.1 Å². The van der Waals surface area contributed by atoms with Crippen LogP contribution in [0.4, 0.5) is 87.7 Å². The number of hydrogen-bond acceptors (Lipinski definition) is 24. The second-order valence-electron chi connectivity index (χ2n) is 20.7. The van der Waals surface area contributed by atoms with E-state index < -0.39 is 35.8 Å². The third kappa shape index (κ3) is 21.4. The summed E-state index contributed by atoms with van der Waals surface area (Å²) in [5.74, 6) is -4.20. The molecule has 3 aliphatic heterocycles. The zero-order valence-electron chi connectivity index (χ0n) is 53.5. The summed E-state index contributed by atoms with van der Waals surface area (Å²) in [4.78, 5) is 106. The Labute approximate surface area is 617 Å². The molecule has 0 atom stereocenters. The molecule has 37 heteroatoms. The van der Waals surface area contributed by atoms with Gasteiger partial charge in [-0.25, -0.2) is 14.4 Å². The van der Waals surface area contributed by atoms with Gasteiger partial charge in [-0.05, 0) is 126 Å². The van der Waals surface area contributed by atoms with Crippen LogP contribution in [-0.4, -0.2) is 207 Å². The standard InChI is InChI=1S/3C21H17N7O4.ClH.2Na.H2O/c3*1-27-10-11-28(12-27)21-25-19(22-15-6-2-13(3-7-15)17(29)30)24-20(26-21)23-16-8-4-14(5-9-16)18(31)32;;;;/h3*2-10,12H,11H2,1H3,(H2-2,22,23,24,25,26,29,30,31,32);1H;;;1H2/q;;;;2*+1;/p+2. The molecular weight excluding hydrogens is 1340 g/mol. The molecule has 12 rings (SSSR count). The van der Waals surface area contributed by atoms with Crippen molar-refractivity contribution >= 4 is 161 Å². The molecule has 0 bridgehead atoms. The first-order valence-electron chi connectivity index (χ1n) is 28.5. The van der Waals surface area contributed by atoms with Crippen molar-refractivity contribution in [2.45, 2.75) is 0 Å².